The van der Waals surface area contributed by atoms with E-state index >= 15 is 0 Å². The molecule has 0 bridgehead atoms. The topological polar surface area (TPSA) is 59.5 Å². The van der Waals surface area contributed by atoms with Gasteiger partial charge >= 0.3 is 6.18 Å². The minimum Gasteiger partial charge on any atom is -0.493 e. The third kappa shape index (κ3) is 5.36. The Hall–Kier alpha value is -3.14. The smallest absolute Gasteiger partial charge is 0.419 e. The van der Waals surface area contributed by atoms with Crippen molar-refractivity contribution in [1.29, 1.82) is 0 Å². The molecule has 4 rings (SSSR count). The van der Waals surface area contributed by atoms with Gasteiger partial charge in [0.1, 0.15) is 17.5 Å². The quantitative estimate of drug-likeness (QED) is 0.306. The Morgan fingerprint density at radius 3 is 2.39 bits per heavy atom. The van der Waals surface area contributed by atoms with Crippen molar-refractivity contribution in [2.45, 2.75) is 58.3 Å². The Bertz CT molecular complexity index is 1310. The predicted molar refractivity (Wildman–Crippen MR) is 139 cm³/mol. The van der Waals surface area contributed by atoms with Crippen LogP contribution in [0.1, 0.15) is 56.1 Å². The van der Waals surface area contributed by atoms with Crippen LogP contribution in [0.2, 0.25) is 0 Å². The lowest BCUT2D eigenvalue weighted by molar-refractivity contribution is -0.140. The fraction of sp³-hybridized carbons (Fsp3) is 0.500. The number of anilines is 1. The summed E-state index contributed by atoms with van der Waals surface area (Å²) in [4.78, 5) is 11.2. The zero-order valence-electron chi connectivity index (χ0n) is 22.5. The molecule has 2 aromatic carbocycles. The molecule has 3 aromatic rings. The number of ether oxygens (including phenoxy) is 2. The fourth-order valence-corrected chi connectivity index (χ4v) is 5.10. The van der Waals surface area contributed by atoms with Gasteiger partial charge in [-0.3, -0.25) is 0 Å². The molecule has 1 fully saturated rings. The SMILES string of the molecule is COc1cc2nc(C)nc(N[C@H](C)c3cccc(C(F)(F)F)c3F)c2cc1OCC1([C@H](C)N(C)C)CCC1. The summed E-state index contributed by atoms with van der Waals surface area (Å²) in [5.74, 6) is 0.544. The maximum atomic E-state index is 14.8. The molecule has 1 heterocycles. The first kappa shape index (κ1) is 27.9. The van der Waals surface area contributed by atoms with Crippen molar-refractivity contribution in [3.63, 3.8) is 0 Å². The number of hydrogen-bond donors (Lipinski definition) is 1. The highest BCUT2D eigenvalue weighted by atomic mass is 19.4. The molecule has 0 amide bonds. The number of nitrogens with one attached hydrogen (secondary N) is 1. The van der Waals surface area contributed by atoms with E-state index in [4.69, 9.17) is 9.47 Å². The van der Waals surface area contributed by atoms with Crippen molar-refractivity contribution in [3.05, 3.63) is 53.1 Å². The maximum absolute atomic E-state index is 14.8. The van der Waals surface area contributed by atoms with E-state index in [1.165, 1.54) is 12.1 Å². The highest BCUT2D eigenvalue weighted by Crippen LogP contribution is 2.46. The Kier molecular flexibility index (Phi) is 7.74. The van der Waals surface area contributed by atoms with Crippen LogP contribution < -0.4 is 14.8 Å². The van der Waals surface area contributed by atoms with Crippen molar-refractivity contribution in [1.82, 2.24) is 14.9 Å². The second-order valence-corrected chi connectivity index (χ2v) is 10.4. The number of halogens is 4. The number of rotatable bonds is 9. The molecule has 0 unspecified atom stereocenters. The molecular weight excluding hydrogens is 500 g/mol. The first-order valence-corrected chi connectivity index (χ1v) is 12.6. The lowest BCUT2D eigenvalue weighted by Crippen LogP contribution is -2.50. The van der Waals surface area contributed by atoms with Gasteiger partial charge in [-0.25, -0.2) is 14.4 Å². The van der Waals surface area contributed by atoms with Gasteiger partial charge in [-0.15, -0.1) is 0 Å². The number of aryl methyl sites for hydroxylation is 1. The summed E-state index contributed by atoms with van der Waals surface area (Å²) >= 11 is 0. The molecule has 1 aliphatic carbocycles. The highest BCUT2D eigenvalue weighted by Gasteiger charge is 2.44. The lowest BCUT2D eigenvalue weighted by Gasteiger charge is -2.48. The average Bonchev–Trinajstić information content (AvgIpc) is 2.82. The first-order chi connectivity index (χ1) is 17.9. The van der Waals surface area contributed by atoms with E-state index in [0.29, 0.717) is 46.7 Å². The van der Waals surface area contributed by atoms with Crippen LogP contribution in [0, 0.1) is 18.2 Å². The van der Waals surface area contributed by atoms with Crippen LogP contribution in [0.4, 0.5) is 23.4 Å². The van der Waals surface area contributed by atoms with Gasteiger partial charge in [-0.1, -0.05) is 18.6 Å². The molecule has 0 aliphatic heterocycles. The van der Waals surface area contributed by atoms with Crippen molar-refractivity contribution < 1.29 is 27.0 Å². The van der Waals surface area contributed by atoms with Crippen molar-refractivity contribution in [3.8, 4) is 11.5 Å². The van der Waals surface area contributed by atoms with Crippen molar-refractivity contribution in [2.24, 2.45) is 5.41 Å². The molecule has 10 heteroatoms. The van der Waals surface area contributed by atoms with Crippen LogP contribution in [-0.4, -0.2) is 48.7 Å². The summed E-state index contributed by atoms with van der Waals surface area (Å²) in [5, 5.41) is 3.68. The second kappa shape index (κ2) is 10.6. The van der Waals surface area contributed by atoms with Gasteiger partial charge in [0, 0.05) is 28.5 Å². The third-order valence-corrected chi connectivity index (χ3v) is 7.77. The lowest BCUT2D eigenvalue weighted by atomic mass is 9.64. The summed E-state index contributed by atoms with van der Waals surface area (Å²) in [6.45, 7) is 6.01. The van der Waals surface area contributed by atoms with Gasteiger partial charge < -0.3 is 19.7 Å². The molecule has 38 heavy (non-hydrogen) atoms. The van der Waals surface area contributed by atoms with E-state index < -0.39 is 23.6 Å². The van der Waals surface area contributed by atoms with Crippen LogP contribution in [0.15, 0.2) is 30.3 Å². The molecule has 1 saturated carbocycles. The largest absolute Gasteiger partial charge is 0.493 e. The normalized spacial score (nSPS) is 16.7. The van der Waals surface area contributed by atoms with E-state index in [1.807, 2.05) is 0 Å². The monoisotopic (exact) mass is 534 g/mol. The molecule has 1 N–H and O–H groups in total. The number of hydrogen-bond acceptors (Lipinski definition) is 6. The van der Waals surface area contributed by atoms with E-state index in [2.05, 4.69) is 41.2 Å². The Morgan fingerprint density at radius 2 is 1.82 bits per heavy atom. The Morgan fingerprint density at radius 1 is 1.11 bits per heavy atom. The van der Waals surface area contributed by atoms with E-state index in [-0.39, 0.29) is 11.0 Å². The van der Waals surface area contributed by atoms with E-state index in [0.717, 1.165) is 25.3 Å². The summed E-state index contributed by atoms with van der Waals surface area (Å²) in [6.07, 6.45) is -1.50. The molecular formula is C28H34F4N4O2. The highest BCUT2D eigenvalue weighted by molar-refractivity contribution is 5.92. The van der Waals surface area contributed by atoms with Gasteiger partial charge in [0.15, 0.2) is 11.5 Å². The van der Waals surface area contributed by atoms with Crippen LogP contribution in [-0.2, 0) is 6.18 Å². The number of fused-ring (bicyclic) bond motifs is 1. The molecule has 6 nitrogen and oxygen atoms in total. The zero-order valence-corrected chi connectivity index (χ0v) is 22.5. The standard InChI is InChI=1S/C28H34F4N4O2/c1-16(19-9-7-10-21(25(19)29)28(30,31)32)33-26-20-13-24(23(37-6)14-22(20)34-18(3)35-26)38-15-27(11-8-12-27)17(2)36(4)5/h7,9-10,13-14,16-17H,8,11-12,15H2,1-6H3,(H,33,34,35)/t16-,17+/m1/s1. The van der Waals surface area contributed by atoms with Crippen molar-refractivity contribution >= 4 is 16.7 Å². The predicted octanol–water partition coefficient (Wildman–Crippen LogP) is 6.78. The second-order valence-electron chi connectivity index (χ2n) is 10.4. The number of benzene rings is 2. The van der Waals surface area contributed by atoms with E-state index in [9.17, 15) is 17.6 Å². The molecule has 2 atom stereocenters. The van der Waals surface area contributed by atoms with Gasteiger partial charge in [-0.05, 0) is 59.8 Å². The Labute approximate surface area is 220 Å². The van der Waals surface area contributed by atoms with Crippen LogP contribution >= 0.6 is 0 Å². The molecule has 0 spiro atoms. The summed E-state index contributed by atoms with van der Waals surface area (Å²) in [6, 6.07) is 6.32. The van der Waals surface area contributed by atoms with Crippen LogP contribution in [0.25, 0.3) is 10.9 Å². The minimum atomic E-state index is -4.79. The zero-order chi connectivity index (χ0) is 27.8. The van der Waals surface area contributed by atoms with E-state index in [1.54, 1.807) is 33.1 Å². The number of alkyl halides is 3. The van der Waals surface area contributed by atoms with Gasteiger partial charge in [0.05, 0.1) is 30.8 Å². The van der Waals surface area contributed by atoms with Gasteiger partial charge in [-0.2, -0.15) is 13.2 Å². The molecule has 206 valence electrons. The third-order valence-electron chi connectivity index (χ3n) is 7.77. The molecule has 0 radical (unpaired) electrons. The Balaban J connectivity index is 1.68. The molecule has 1 aromatic heterocycles. The van der Waals surface area contributed by atoms with Crippen LogP contribution in [0.5, 0.6) is 11.5 Å². The summed E-state index contributed by atoms with van der Waals surface area (Å²) < 4.78 is 66.6. The van der Waals surface area contributed by atoms with Crippen LogP contribution in [0.3, 0.4) is 0 Å². The molecule has 1 aliphatic rings. The maximum Gasteiger partial charge on any atom is 0.419 e. The number of aromatic nitrogens is 2. The van der Waals surface area contributed by atoms with Gasteiger partial charge in [0.2, 0.25) is 0 Å². The summed E-state index contributed by atoms with van der Waals surface area (Å²) in [5.41, 5.74) is -0.812. The fourth-order valence-electron chi connectivity index (χ4n) is 5.10. The average molecular weight is 535 g/mol. The first-order valence-electron chi connectivity index (χ1n) is 12.6. The van der Waals surface area contributed by atoms with Crippen molar-refractivity contribution in [2.75, 3.05) is 33.1 Å². The molecule has 0 saturated heterocycles. The summed E-state index contributed by atoms with van der Waals surface area (Å²) in [7, 11) is 5.68. The number of methoxy groups -OCH3 is 1. The van der Waals surface area contributed by atoms with Gasteiger partial charge in [0.25, 0.3) is 0 Å². The number of nitrogens with zero attached hydrogens (tertiary/aromatic N) is 3. The minimum absolute atomic E-state index is 0.0316.